The van der Waals surface area contributed by atoms with Crippen LogP contribution < -0.4 is 24.4 Å². The number of amides is 1. The molecule has 3 aromatic rings. The summed E-state index contributed by atoms with van der Waals surface area (Å²) in [7, 11) is 3.24. The van der Waals surface area contributed by atoms with Crippen LogP contribution in [0.2, 0.25) is 0 Å². The zero-order valence-corrected chi connectivity index (χ0v) is 21.4. The maximum absolute atomic E-state index is 12.8. The van der Waals surface area contributed by atoms with Crippen LogP contribution in [0.1, 0.15) is 29.5 Å². The Balaban J connectivity index is 1.27. The average Bonchev–Trinajstić information content (AvgIpc) is 2.91. The smallest absolute Gasteiger partial charge is 0.224 e. The fraction of sp³-hybridized carbons (Fsp3) is 0.393. The van der Waals surface area contributed by atoms with Crippen LogP contribution in [-0.2, 0) is 11.2 Å². The van der Waals surface area contributed by atoms with E-state index >= 15 is 0 Å². The number of rotatable bonds is 9. The van der Waals surface area contributed by atoms with Crippen molar-refractivity contribution in [1.29, 1.82) is 0 Å². The van der Waals surface area contributed by atoms with Gasteiger partial charge in [-0.1, -0.05) is 18.2 Å². The van der Waals surface area contributed by atoms with Crippen molar-refractivity contribution in [1.82, 2.24) is 15.3 Å². The van der Waals surface area contributed by atoms with Gasteiger partial charge in [0.05, 0.1) is 14.2 Å². The molecule has 0 atom stereocenters. The predicted molar refractivity (Wildman–Crippen MR) is 139 cm³/mol. The Morgan fingerprint density at radius 3 is 2.53 bits per heavy atom. The van der Waals surface area contributed by atoms with Crippen LogP contribution in [-0.4, -0.2) is 49.7 Å². The summed E-state index contributed by atoms with van der Waals surface area (Å²) in [5.41, 5.74) is 3.35. The number of hydrogen-bond donors (Lipinski definition) is 1. The third-order valence-corrected chi connectivity index (χ3v) is 6.75. The second kappa shape index (κ2) is 11.7. The van der Waals surface area contributed by atoms with Crippen molar-refractivity contribution in [2.45, 2.75) is 33.1 Å². The molecule has 1 aromatic heterocycles. The lowest BCUT2D eigenvalue weighted by Gasteiger charge is -2.32. The maximum Gasteiger partial charge on any atom is 0.224 e. The summed E-state index contributed by atoms with van der Waals surface area (Å²) in [6.07, 6.45) is 3.82. The van der Waals surface area contributed by atoms with E-state index in [-0.39, 0.29) is 11.8 Å². The molecular formula is C28H34N4O4. The van der Waals surface area contributed by atoms with Gasteiger partial charge in [0.1, 0.15) is 17.9 Å². The van der Waals surface area contributed by atoms with E-state index in [1.165, 1.54) is 11.9 Å². The molecule has 0 radical (unpaired) electrons. The molecule has 0 bridgehead atoms. The van der Waals surface area contributed by atoms with Crippen molar-refractivity contribution in [2.24, 2.45) is 5.92 Å². The van der Waals surface area contributed by atoms with Crippen LogP contribution in [0.25, 0.3) is 0 Å². The molecule has 0 aliphatic carbocycles. The summed E-state index contributed by atoms with van der Waals surface area (Å²) < 4.78 is 16.7. The van der Waals surface area contributed by atoms with Crippen LogP contribution in [0.3, 0.4) is 0 Å². The van der Waals surface area contributed by atoms with Gasteiger partial charge in [0.2, 0.25) is 11.8 Å². The highest BCUT2D eigenvalue weighted by Crippen LogP contribution is 2.29. The zero-order valence-electron chi connectivity index (χ0n) is 21.4. The second-order valence-corrected chi connectivity index (χ2v) is 9.01. The van der Waals surface area contributed by atoms with Crippen LogP contribution in [0, 0.1) is 19.8 Å². The SMILES string of the molecule is COc1ccc(CCNC(=O)C2CCN(c3cc(Oc4cccc(C)c4C)ncn3)CC2)cc1OC. The van der Waals surface area contributed by atoms with Crippen molar-refractivity contribution in [3.63, 3.8) is 0 Å². The number of nitrogens with zero attached hydrogens (tertiary/aromatic N) is 3. The van der Waals surface area contributed by atoms with E-state index in [0.29, 0.717) is 23.9 Å². The molecule has 8 nitrogen and oxygen atoms in total. The van der Waals surface area contributed by atoms with Crippen LogP contribution >= 0.6 is 0 Å². The Hall–Kier alpha value is -3.81. The van der Waals surface area contributed by atoms with Crippen LogP contribution in [0.4, 0.5) is 5.82 Å². The minimum atomic E-state index is -0.000783. The molecule has 190 valence electrons. The highest BCUT2D eigenvalue weighted by molar-refractivity contribution is 5.79. The molecule has 1 saturated heterocycles. The number of aryl methyl sites for hydroxylation is 1. The summed E-state index contributed by atoms with van der Waals surface area (Å²) in [6, 6.07) is 13.7. The number of aromatic nitrogens is 2. The van der Waals surface area contributed by atoms with Crippen molar-refractivity contribution in [3.8, 4) is 23.1 Å². The summed E-state index contributed by atoms with van der Waals surface area (Å²) in [5.74, 6) is 3.63. The van der Waals surface area contributed by atoms with E-state index in [1.54, 1.807) is 14.2 Å². The highest BCUT2D eigenvalue weighted by atomic mass is 16.5. The molecule has 1 aliphatic heterocycles. The van der Waals surface area contributed by atoms with Crippen molar-refractivity contribution < 1.29 is 19.0 Å². The molecular weight excluding hydrogens is 456 g/mol. The topological polar surface area (TPSA) is 85.8 Å². The highest BCUT2D eigenvalue weighted by Gasteiger charge is 2.25. The Kier molecular flexibility index (Phi) is 8.25. The summed E-state index contributed by atoms with van der Waals surface area (Å²) >= 11 is 0. The van der Waals surface area contributed by atoms with E-state index in [4.69, 9.17) is 14.2 Å². The number of carbonyl (C=O) groups is 1. The normalized spacial score (nSPS) is 13.8. The second-order valence-electron chi connectivity index (χ2n) is 9.01. The summed E-state index contributed by atoms with van der Waals surface area (Å²) in [4.78, 5) is 23.7. The number of piperidine rings is 1. The van der Waals surface area contributed by atoms with Crippen LogP contribution in [0.15, 0.2) is 48.8 Å². The van der Waals surface area contributed by atoms with Gasteiger partial charge >= 0.3 is 0 Å². The molecule has 2 aromatic carbocycles. The summed E-state index contributed by atoms with van der Waals surface area (Å²) in [6.45, 7) is 6.20. The van der Waals surface area contributed by atoms with Gasteiger partial charge in [0.25, 0.3) is 0 Å². The minimum absolute atomic E-state index is 0.000783. The number of carbonyl (C=O) groups excluding carboxylic acids is 1. The maximum atomic E-state index is 12.8. The van der Waals surface area contributed by atoms with E-state index in [1.807, 2.05) is 43.3 Å². The third kappa shape index (κ3) is 6.05. The molecule has 0 spiro atoms. The van der Waals surface area contributed by atoms with Gasteiger partial charge in [-0.05, 0) is 68.0 Å². The van der Waals surface area contributed by atoms with Gasteiger partial charge in [0.15, 0.2) is 11.5 Å². The molecule has 1 aliphatic rings. The fourth-order valence-electron chi connectivity index (χ4n) is 4.39. The minimum Gasteiger partial charge on any atom is -0.493 e. The Bertz CT molecular complexity index is 1190. The van der Waals surface area contributed by atoms with Gasteiger partial charge in [0, 0.05) is 31.6 Å². The quantitative estimate of drug-likeness (QED) is 0.473. The number of methoxy groups -OCH3 is 2. The fourth-order valence-corrected chi connectivity index (χ4v) is 4.39. The predicted octanol–water partition coefficient (Wildman–Crippen LogP) is 4.48. The van der Waals surface area contributed by atoms with Gasteiger partial charge < -0.3 is 24.4 Å². The van der Waals surface area contributed by atoms with Gasteiger partial charge in [-0.25, -0.2) is 9.97 Å². The monoisotopic (exact) mass is 490 g/mol. The Morgan fingerprint density at radius 1 is 1.00 bits per heavy atom. The lowest BCUT2D eigenvalue weighted by atomic mass is 9.96. The standard InChI is InChI=1S/C28H34N4O4/c1-19-6-5-7-23(20(19)2)36-27-17-26(30-18-31-27)32-14-11-22(12-15-32)28(33)29-13-10-21-8-9-24(34-3)25(16-21)35-4/h5-9,16-18,22H,10-15H2,1-4H3,(H,29,33). The molecule has 0 unspecified atom stereocenters. The first kappa shape index (κ1) is 25.3. The molecule has 1 fully saturated rings. The molecule has 8 heteroatoms. The number of benzene rings is 2. The van der Waals surface area contributed by atoms with E-state index in [2.05, 4.69) is 33.2 Å². The van der Waals surface area contributed by atoms with Crippen molar-refractivity contribution in [3.05, 3.63) is 65.5 Å². The number of hydrogen-bond acceptors (Lipinski definition) is 7. The summed E-state index contributed by atoms with van der Waals surface area (Å²) in [5, 5.41) is 3.09. The first-order valence-electron chi connectivity index (χ1n) is 12.3. The van der Waals surface area contributed by atoms with E-state index in [9.17, 15) is 4.79 Å². The number of anilines is 1. The average molecular weight is 491 g/mol. The first-order chi connectivity index (χ1) is 17.5. The lowest BCUT2D eigenvalue weighted by molar-refractivity contribution is -0.125. The van der Waals surface area contributed by atoms with E-state index in [0.717, 1.165) is 55.0 Å². The third-order valence-electron chi connectivity index (χ3n) is 6.75. The molecule has 4 rings (SSSR count). The zero-order chi connectivity index (χ0) is 25.5. The molecule has 36 heavy (non-hydrogen) atoms. The molecule has 0 saturated carbocycles. The molecule has 2 heterocycles. The molecule has 1 amide bonds. The molecule has 1 N–H and O–H groups in total. The number of ether oxygens (including phenoxy) is 3. The van der Waals surface area contributed by atoms with Gasteiger partial charge in [-0.2, -0.15) is 0 Å². The largest absolute Gasteiger partial charge is 0.493 e. The van der Waals surface area contributed by atoms with Crippen molar-refractivity contribution in [2.75, 3.05) is 38.8 Å². The Morgan fingerprint density at radius 2 is 1.78 bits per heavy atom. The number of nitrogens with one attached hydrogen (secondary N) is 1. The first-order valence-corrected chi connectivity index (χ1v) is 12.3. The Labute approximate surface area is 212 Å². The lowest BCUT2D eigenvalue weighted by Crippen LogP contribution is -2.41. The van der Waals surface area contributed by atoms with Gasteiger partial charge in [-0.3, -0.25) is 4.79 Å². The van der Waals surface area contributed by atoms with Crippen molar-refractivity contribution >= 4 is 11.7 Å². The van der Waals surface area contributed by atoms with Crippen LogP contribution in [0.5, 0.6) is 23.1 Å². The van der Waals surface area contributed by atoms with E-state index < -0.39 is 0 Å². The van der Waals surface area contributed by atoms with Gasteiger partial charge in [-0.15, -0.1) is 0 Å².